The van der Waals surface area contributed by atoms with Gasteiger partial charge in [0.15, 0.2) is 11.4 Å². The zero-order chi connectivity index (χ0) is 18.4. The van der Waals surface area contributed by atoms with Crippen LogP contribution in [0.1, 0.15) is 61.5 Å². The Labute approximate surface area is 151 Å². The summed E-state index contributed by atoms with van der Waals surface area (Å²) in [5.74, 6) is 1.07. The fraction of sp³-hybridized carbons (Fsp3) is 0.429. The molecule has 0 amide bonds. The molecule has 0 fully saturated rings. The van der Waals surface area contributed by atoms with Crippen LogP contribution in [0, 0.1) is 0 Å². The van der Waals surface area contributed by atoms with Gasteiger partial charge in [0.25, 0.3) is 0 Å². The number of benzene rings is 1. The van der Waals surface area contributed by atoms with Crippen LogP contribution in [0.3, 0.4) is 0 Å². The van der Waals surface area contributed by atoms with Gasteiger partial charge in [-0.1, -0.05) is 20.3 Å². The Morgan fingerprint density at radius 3 is 2.69 bits per heavy atom. The minimum absolute atomic E-state index is 0.0538. The van der Waals surface area contributed by atoms with Crippen LogP contribution in [-0.4, -0.2) is 18.0 Å². The standard InChI is InChI=1S/C21H22O5/c1-4-6-12-10-16(23)26-21-17(12)19-14(8-7-13(5-2)25-19)20-18(21)15(22)9-11(3)24-20/h7-8,10-11,13H,4-6,9H2,1-3H3. The van der Waals surface area contributed by atoms with E-state index in [2.05, 4.69) is 13.8 Å². The number of fused-ring (bicyclic) bond motifs is 6. The van der Waals surface area contributed by atoms with Crippen molar-refractivity contribution < 1.29 is 18.7 Å². The van der Waals surface area contributed by atoms with Crippen molar-refractivity contribution in [2.24, 2.45) is 0 Å². The number of hydrogen-bond donors (Lipinski definition) is 0. The van der Waals surface area contributed by atoms with Crippen molar-refractivity contribution in [1.29, 1.82) is 0 Å². The molecule has 0 aliphatic carbocycles. The third-order valence-corrected chi connectivity index (χ3v) is 4.95. The molecule has 0 saturated heterocycles. The third kappa shape index (κ3) is 2.54. The predicted molar refractivity (Wildman–Crippen MR) is 99.3 cm³/mol. The van der Waals surface area contributed by atoms with E-state index in [9.17, 15) is 9.59 Å². The van der Waals surface area contributed by atoms with Crippen LogP contribution in [-0.2, 0) is 6.42 Å². The number of Topliss-reactive ketones (excluding diaryl/α,β-unsaturated/α-hetero) is 1. The first kappa shape index (κ1) is 16.9. The van der Waals surface area contributed by atoms with E-state index in [0.717, 1.165) is 29.4 Å². The van der Waals surface area contributed by atoms with Crippen molar-refractivity contribution >= 4 is 22.8 Å². The number of carbonyl (C=O) groups excluding carboxylic acids is 1. The Morgan fingerprint density at radius 1 is 1.15 bits per heavy atom. The largest absolute Gasteiger partial charge is 0.489 e. The maximum Gasteiger partial charge on any atom is 0.336 e. The Bertz CT molecular complexity index is 982. The third-order valence-electron chi connectivity index (χ3n) is 4.95. The number of rotatable bonds is 3. The molecule has 2 aromatic rings. The fourth-order valence-electron chi connectivity index (χ4n) is 3.78. The van der Waals surface area contributed by atoms with Crippen LogP contribution in [0.15, 0.2) is 21.4 Å². The zero-order valence-electron chi connectivity index (χ0n) is 15.3. The second-order valence-electron chi connectivity index (χ2n) is 6.97. The lowest BCUT2D eigenvalue weighted by Crippen LogP contribution is -2.27. The van der Waals surface area contributed by atoms with Gasteiger partial charge in [0.2, 0.25) is 0 Å². The molecule has 0 N–H and O–H groups in total. The first-order valence-corrected chi connectivity index (χ1v) is 9.24. The first-order valence-electron chi connectivity index (χ1n) is 9.24. The second kappa shape index (κ2) is 6.31. The molecule has 4 rings (SSSR count). The monoisotopic (exact) mass is 354 g/mol. The summed E-state index contributed by atoms with van der Waals surface area (Å²) in [6.07, 6.45) is 6.36. The van der Waals surface area contributed by atoms with Crippen molar-refractivity contribution in [1.82, 2.24) is 0 Å². The molecule has 5 heteroatoms. The Morgan fingerprint density at radius 2 is 1.96 bits per heavy atom. The van der Waals surface area contributed by atoms with Crippen LogP contribution in [0.25, 0.3) is 17.0 Å². The molecule has 2 aliphatic rings. The molecule has 0 radical (unpaired) electrons. The summed E-state index contributed by atoms with van der Waals surface area (Å²) in [5, 5.41) is 0.731. The summed E-state index contributed by atoms with van der Waals surface area (Å²) < 4.78 is 17.7. The van der Waals surface area contributed by atoms with Gasteiger partial charge >= 0.3 is 5.63 Å². The number of ketones is 1. The highest BCUT2D eigenvalue weighted by Gasteiger charge is 2.34. The lowest BCUT2D eigenvalue weighted by atomic mass is 9.91. The van der Waals surface area contributed by atoms with Crippen LogP contribution in [0.5, 0.6) is 11.5 Å². The van der Waals surface area contributed by atoms with E-state index >= 15 is 0 Å². The van der Waals surface area contributed by atoms with Gasteiger partial charge in [-0.15, -0.1) is 0 Å². The predicted octanol–water partition coefficient (Wildman–Crippen LogP) is 4.28. The zero-order valence-corrected chi connectivity index (χ0v) is 15.3. The van der Waals surface area contributed by atoms with Crippen LogP contribution >= 0.6 is 0 Å². The summed E-state index contributed by atoms with van der Waals surface area (Å²) in [6, 6.07) is 1.51. The van der Waals surface area contributed by atoms with E-state index in [1.54, 1.807) is 0 Å². The van der Waals surface area contributed by atoms with Crippen molar-refractivity contribution in [3.63, 3.8) is 0 Å². The molecule has 3 heterocycles. The summed E-state index contributed by atoms with van der Waals surface area (Å²) in [6.45, 7) is 5.97. The molecule has 1 aromatic carbocycles. The van der Waals surface area contributed by atoms with E-state index in [1.807, 2.05) is 19.1 Å². The summed E-state index contributed by atoms with van der Waals surface area (Å²) in [7, 11) is 0. The van der Waals surface area contributed by atoms with E-state index in [-0.39, 0.29) is 24.4 Å². The second-order valence-corrected chi connectivity index (χ2v) is 6.97. The topological polar surface area (TPSA) is 65.7 Å². The molecule has 136 valence electrons. The highest BCUT2D eigenvalue weighted by Crippen LogP contribution is 2.47. The van der Waals surface area contributed by atoms with Crippen molar-refractivity contribution in [3.05, 3.63) is 39.3 Å². The average Bonchev–Trinajstić information content (AvgIpc) is 2.60. The van der Waals surface area contributed by atoms with Crippen molar-refractivity contribution in [2.75, 3.05) is 0 Å². The highest BCUT2D eigenvalue weighted by atomic mass is 16.5. The molecule has 2 unspecified atom stereocenters. The number of hydrogen-bond acceptors (Lipinski definition) is 5. The maximum absolute atomic E-state index is 12.8. The quantitative estimate of drug-likeness (QED) is 0.770. The van der Waals surface area contributed by atoms with Gasteiger partial charge in [-0.2, -0.15) is 0 Å². The van der Waals surface area contributed by atoms with E-state index in [0.29, 0.717) is 29.1 Å². The summed E-state index contributed by atoms with van der Waals surface area (Å²) >= 11 is 0. The Kier molecular flexibility index (Phi) is 4.10. The molecule has 0 bridgehead atoms. The van der Waals surface area contributed by atoms with Gasteiger partial charge in [0.05, 0.1) is 10.9 Å². The number of carbonyl (C=O) groups is 1. The molecule has 2 atom stereocenters. The summed E-state index contributed by atoms with van der Waals surface area (Å²) in [5.41, 5.74) is 1.84. The van der Waals surface area contributed by atoms with E-state index < -0.39 is 5.63 Å². The van der Waals surface area contributed by atoms with E-state index in [1.165, 1.54) is 6.07 Å². The molecular weight excluding hydrogens is 332 g/mol. The van der Waals surface area contributed by atoms with Gasteiger partial charge in [-0.3, -0.25) is 4.79 Å². The molecule has 0 saturated carbocycles. The summed E-state index contributed by atoms with van der Waals surface area (Å²) in [4.78, 5) is 24.9. The van der Waals surface area contributed by atoms with Crippen LogP contribution in [0.4, 0.5) is 0 Å². The Balaban J connectivity index is 2.14. The lowest BCUT2D eigenvalue weighted by Gasteiger charge is -2.30. The highest BCUT2D eigenvalue weighted by molar-refractivity contribution is 6.13. The van der Waals surface area contributed by atoms with Gasteiger partial charge in [0.1, 0.15) is 29.3 Å². The van der Waals surface area contributed by atoms with Gasteiger partial charge < -0.3 is 13.9 Å². The molecule has 1 aromatic heterocycles. The fourth-order valence-corrected chi connectivity index (χ4v) is 3.78. The Hall–Kier alpha value is -2.56. The molecule has 2 aliphatic heterocycles. The van der Waals surface area contributed by atoms with Crippen molar-refractivity contribution in [3.8, 4) is 11.5 Å². The van der Waals surface area contributed by atoms with Crippen LogP contribution in [0.2, 0.25) is 0 Å². The first-order chi connectivity index (χ1) is 12.5. The van der Waals surface area contributed by atoms with Gasteiger partial charge in [-0.05, 0) is 37.5 Å². The minimum atomic E-state index is -0.451. The smallest absolute Gasteiger partial charge is 0.336 e. The van der Waals surface area contributed by atoms with Crippen LogP contribution < -0.4 is 15.1 Å². The van der Waals surface area contributed by atoms with Gasteiger partial charge in [0, 0.05) is 12.5 Å². The lowest BCUT2D eigenvalue weighted by molar-refractivity contribution is 0.0870. The molecule has 26 heavy (non-hydrogen) atoms. The number of ether oxygens (including phenoxy) is 2. The number of aryl methyl sites for hydroxylation is 1. The molecule has 5 nitrogen and oxygen atoms in total. The van der Waals surface area contributed by atoms with Crippen molar-refractivity contribution in [2.45, 2.75) is 58.7 Å². The average molecular weight is 354 g/mol. The maximum atomic E-state index is 12.8. The SMILES string of the molecule is CCCc1cc(=O)oc2c3c(c4c(c12)OC(CC)C=C4)OC(C)CC3=O. The van der Waals surface area contributed by atoms with E-state index in [4.69, 9.17) is 13.9 Å². The normalized spacial score (nSPS) is 21.1. The molecule has 0 spiro atoms. The van der Waals surface area contributed by atoms with Gasteiger partial charge in [-0.25, -0.2) is 4.79 Å². The minimum Gasteiger partial charge on any atom is -0.489 e. The molecular formula is C21H22O5.